The first-order chi connectivity index (χ1) is 12.4. The third-order valence-corrected chi connectivity index (χ3v) is 5.94. The van der Waals surface area contributed by atoms with Gasteiger partial charge in [-0.25, -0.2) is 8.42 Å². The molecule has 0 unspecified atom stereocenters. The number of benzene rings is 2. The second kappa shape index (κ2) is 7.41. The van der Waals surface area contributed by atoms with Gasteiger partial charge in [-0.05, 0) is 36.4 Å². The third kappa shape index (κ3) is 3.85. The lowest BCUT2D eigenvalue weighted by atomic mass is 10.2. The molecule has 0 spiro atoms. The summed E-state index contributed by atoms with van der Waals surface area (Å²) in [5.74, 6) is -0.444. The lowest BCUT2D eigenvalue weighted by molar-refractivity contribution is -0.116. The van der Waals surface area contributed by atoms with Gasteiger partial charge in [0.25, 0.3) is 0 Å². The summed E-state index contributed by atoms with van der Waals surface area (Å²) in [6.07, 6.45) is 3.14. The molecule has 2 aromatic carbocycles. The van der Waals surface area contributed by atoms with Crippen molar-refractivity contribution in [1.82, 2.24) is 9.29 Å². The van der Waals surface area contributed by atoms with Crippen molar-refractivity contribution in [2.45, 2.75) is 4.90 Å². The van der Waals surface area contributed by atoms with E-state index in [-0.39, 0.29) is 11.4 Å². The molecule has 3 aromatic rings. The van der Waals surface area contributed by atoms with Gasteiger partial charge in [-0.3, -0.25) is 9.78 Å². The highest BCUT2D eigenvalue weighted by Gasteiger charge is 2.24. The van der Waals surface area contributed by atoms with Crippen LogP contribution in [0.15, 0.2) is 65.8 Å². The van der Waals surface area contributed by atoms with Crippen molar-refractivity contribution in [3.05, 3.63) is 65.9 Å². The molecule has 1 heterocycles. The lowest BCUT2D eigenvalue weighted by Gasteiger charge is -2.18. The molecule has 0 saturated carbocycles. The number of nitrogens with zero attached hydrogens (tertiary/aromatic N) is 2. The zero-order valence-electron chi connectivity index (χ0n) is 13.9. The van der Waals surface area contributed by atoms with Crippen LogP contribution in [0.3, 0.4) is 0 Å². The van der Waals surface area contributed by atoms with Crippen molar-refractivity contribution in [2.75, 3.05) is 18.9 Å². The maximum absolute atomic E-state index is 12.9. The van der Waals surface area contributed by atoms with Crippen molar-refractivity contribution < 1.29 is 13.2 Å². The number of halogens is 1. The number of aromatic nitrogens is 1. The third-order valence-electron chi connectivity index (χ3n) is 3.82. The number of likely N-dealkylation sites (N-methyl/N-ethyl adjacent to an activating group) is 1. The molecule has 8 heteroatoms. The fourth-order valence-electron chi connectivity index (χ4n) is 2.51. The Balaban J connectivity index is 1.80. The maximum Gasteiger partial charge on any atom is 0.243 e. The molecule has 0 atom stereocenters. The number of hydrogen-bond donors (Lipinski definition) is 1. The Kier molecular flexibility index (Phi) is 5.22. The molecule has 1 aromatic heterocycles. The lowest BCUT2D eigenvalue weighted by Crippen LogP contribution is -2.35. The molecule has 0 fully saturated rings. The van der Waals surface area contributed by atoms with Gasteiger partial charge in [0.2, 0.25) is 15.9 Å². The smallest absolute Gasteiger partial charge is 0.243 e. The van der Waals surface area contributed by atoms with E-state index in [9.17, 15) is 13.2 Å². The Morgan fingerprint density at radius 1 is 1.15 bits per heavy atom. The van der Waals surface area contributed by atoms with Gasteiger partial charge < -0.3 is 5.32 Å². The monoisotopic (exact) mass is 389 g/mol. The predicted octanol–water partition coefficient (Wildman–Crippen LogP) is 3.15. The summed E-state index contributed by atoms with van der Waals surface area (Å²) >= 11 is 5.80. The second-order valence-electron chi connectivity index (χ2n) is 5.67. The molecular formula is C18H16ClN3O3S. The van der Waals surface area contributed by atoms with E-state index in [1.807, 2.05) is 0 Å². The van der Waals surface area contributed by atoms with Crippen molar-refractivity contribution in [1.29, 1.82) is 0 Å². The largest absolute Gasteiger partial charge is 0.325 e. The number of carbonyl (C=O) groups is 1. The highest BCUT2D eigenvalue weighted by atomic mass is 35.5. The van der Waals surface area contributed by atoms with Gasteiger partial charge in [-0.2, -0.15) is 4.31 Å². The number of carbonyl (C=O) groups excluding carboxylic acids is 1. The van der Waals surface area contributed by atoms with Crippen LogP contribution in [0.1, 0.15) is 0 Å². The van der Waals surface area contributed by atoms with Crippen LogP contribution in [-0.4, -0.2) is 37.2 Å². The van der Waals surface area contributed by atoms with Gasteiger partial charge >= 0.3 is 0 Å². The maximum atomic E-state index is 12.9. The molecule has 0 saturated heterocycles. The van der Waals surface area contributed by atoms with Gasteiger partial charge in [-0.1, -0.05) is 23.7 Å². The number of rotatable bonds is 5. The van der Waals surface area contributed by atoms with Crippen LogP contribution < -0.4 is 5.32 Å². The predicted molar refractivity (Wildman–Crippen MR) is 102 cm³/mol. The quantitative estimate of drug-likeness (QED) is 0.727. The first-order valence-electron chi connectivity index (χ1n) is 7.72. The van der Waals surface area contributed by atoms with E-state index in [2.05, 4.69) is 10.3 Å². The van der Waals surface area contributed by atoms with Crippen molar-refractivity contribution in [3.8, 4) is 0 Å². The second-order valence-corrected chi connectivity index (χ2v) is 8.12. The van der Waals surface area contributed by atoms with E-state index in [1.165, 1.54) is 19.3 Å². The highest BCUT2D eigenvalue weighted by Crippen LogP contribution is 2.24. The molecule has 26 heavy (non-hydrogen) atoms. The normalized spacial score (nSPS) is 11.7. The van der Waals surface area contributed by atoms with Crippen molar-refractivity contribution >= 4 is 44.0 Å². The summed E-state index contributed by atoms with van der Waals surface area (Å²) in [6, 6.07) is 13.2. The number of pyridine rings is 1. The summed E-state index contributed by atoms with van der Waals surface area (Å²) in [7, 11) is -2.46. The first-order valence-corrected chi connectivity index (χ1v) is 9.54. The Labute approximate surface area is 156 Å². The number of amides is 1. The average Bonchev–Trinajstić information content (AvgIpc) is 2.63. The molecule has 0 aliphatic rings. The van der Waals surface area contributed by atoms with E-state index < -0.39 is 15.9 Å². The van der Waals surface area contributed by atoms with E-state index in [4.69, 9.17) is 11.6 Å². The van der Waals surface area contributed by atoms with Crippen molar-refractivity contribution in [3.63, 3.8) is 0 Å². The minimum atomic E-state index is -3.84. The molecule has 134 valence electrons. The minimum Gasteiger partial charge on any atom is -0.325 e. The Bertz CT molecular complexity index is 1050. The number of sulfonamides is 1. The van der Waals surface area contributed by atoms with Crippen LogP contribution in [0.4, 0.5) is 5.69 Å². The summed E-state index contributed by atoms with van der Waals surface area (Å²) in [5.41, 5.74) is 0.543. The molecule has 1 N–H and O–H groups in total. The zero-order valence-corrected chi connectivity index (χ0v) is 15.5. The molecule has 6 nitrogen and oxygen atoms in total. The molecular weight excluding hydrogens is 374 g/mol. The molecule has 0 aliphatic carbocycles. The van der Waals surface area contributed by atoms with Crippen LogP contribution in [-0.2, 0) is 14.8 Å². The first kappa shape index (κ1) is 18.3. The highest BCUT2D eigenvalue weighted by molar-refractivity contribution is 7.89. The summed E-state index contributed by atoms with van der Waals surface area (Å²) in [6.45, 7) is -0.313. The Morgan fingerprint density at radius 2 is 1.88 bits per heavy atom. The van der Waals surface area contributed by atoms with E-state index in [0.29, 0.717) is 21.5 Å². The van der Waals surface area contributed by atoms with Gasteiger partial charge in [-0.15, -0.1) is 0 Å². The molecule has 3 rings (SSSR count). The summed E-state index contributed by atoms with van der Waals surface area (Å²) < 4.78 is 26.8. The van der Waals surface area contributed by atoms with E-state index in [0.717, 1.165) is 4.31 Å². The van der Waals surface area contributed by atoms with Crippen LogP contribution in [0.5, 0.6) is 0 Å². The number of nitrogens with one attached hydrogen (secondary N) is 1. The molecule has 0 aliphatic heterocycles. The van der Waals surface area contributed by atoms with E-state index in [1.54, 1.807) is 48.7 Å². The zero-order chi connectivity index (χ0) is 18.7. The molecule has 1 amide bonds. The average molecular weight is 390 g/mol. The van der Waals surface area contributed by atoms with E-state index >= 15 is 0 Å². The van der Waals surface area contributed by atoms with Gasteiger partial charge in [0.05, 0.1) is 11.4 Å². The number of fused-ring (bicyclic) bond motifs is 1. The summed E-state index contributed by atoms with van der Waals surface area (Å²) in [4.78, 5) is 16.3. The number of anilines is 1. The van der Waals surface area contributed by atoms with Crippen LogP contribution in [0, 0.1) is 0 Å². The van der Waals surface area contributed by atoms with Gasteiger partial charge in [0, 0.05) is 40.9 Å². The van der Waals surface area contributed by atoms with Gasteiger partial charge in [0.15, 0.2) is 0 Å². The molecule has 0 radical (unpaired) electrons. The standard InChI is InChI=1S/C18H16ClN3O3S/c1-22(12-18(23)21-15-7-5-14(19)6-8-15)26(24,25)17-4-2-3-13-11-20-10-9-16(13)17/h2-11H,12H2,1H3,(H,21,23). The number of hydrogen-bond acceptors (Lipinski definition) is 4. The Hall–Kier alpha value is -2.48. The van der Waals surface area contributed by atoms with Crippen LogP contribution >= 0.6 is 11.6 Å². The Morgan fingerprint density at radius 3 is 2.62 bits per heavy atom. The fraction of sp³-hybridized carbons (Fsp3) is 0.111. The SMILES string of the molecule is CN(CC(=O)Nc1ccc(Cl)cc1)S(=O)(=O)c1cccc2cnccc12. The fourth-order valence-corrected chi connectivity index (χ4v) is 3.97. The van der Waals surface area contributed by atoms with Crippen LogP contribution in [0.25, 0.3) is 10.8 Å². The topological polar surface area (TPSA) is 79.4 Å². The minimum absolute atomic E-state index is 0.138. The van der Waals surface area contributed by atoms with Gasteiger partial charge in [0.1, 0.15) is 0 Å². The van der Waals surface area contributed by atoms with Crippen molar-refractivity contribution in [2.24, 2.45) is 0 Å². The summed E-state index contributed by atoms with van der Waals surface area (Å²) in [5, 5.41) is 4.47. The molecule has 0 bridgehead atoms. The van der Waals surface area contributed by atoms with Crippen LogP contribution in [0.2, 0.25) is 5.02 Å².